The van der Waals surface area contributed by atoms with Gasteiger partial charge in [0.05, 0.1) is 10.6 Å². The standard InChI is InChI=1S/C26H28FN3O4S/c1-19-9-7-8-10-21(19)17-29(20(2)26(32)28-3)25(31)18-30(23-15-13-22(27)14-16-23)35(33,34)24-11-5-4-6-12-24/h4-16,20H,17-18H2,1-3H3,(H,28,32). The summed E-state index contributed by atoms with van der Waals surface area (Å²) < 4.78 is 41.6. The van der Waals surface area contributed by atoms with Crippen LogP contribution in [-0.4, -0.2) is 44.8 Å². The van der Waals surface area contributed by atoms with Gasteiger partial charge in [-0.2, -0.15) is 0 Å². The van der Waals surface area contributed by atoms with E-state index in [1.165, 1.54) is 36.2 Å². The Balaban J connectivity index is 2.02. The van der Waals surface area contributed by atoms with Crippen LogP contribution in [0.3, 0.4) is 0 Å². The number of nitrogens with one attached hydrogen (secondary N) is 1. The first-order valence-electron chi connectivity index (χ1n) is 11.0. The van der Waals surface area contributed by atoms with Crippen LogP contribution in [0.4, 0.5) is 10.1 Å². The minimum atomic E-state index is -4.17. The zero-order chi connectivity index (χ0) is 25.6. The van der Waals surface area contributed by atoms with Crippen molar-refractivity contribution >= 4 is 27.5 Å². The van der Waals surface area contributed by atoms with Crippen molar-refractivity contribution in [3.63, 3.8) is 0 Å². The van der Waals surface area contributed by atoms with Crippen molar-refractivity contribution < 1.29 is 22.4 Å². The molecule has 0 heterocycles. The molecule has 7 nitrogen and oxygen atoms in total. The maximum atomic E-state index is 13.6. The lowest BCUT2D eigenvalue weighted by Gasteiger charge is -2.32. The highest BCUT2D eigenvalue weighted by Gasteiger charge is 2.32. The van der Waals surface area contributed by atoms with E-state index in [2.05, 4.69) is 5.32 Å². The fourth-order valence-corrected chi connectivity index (χ4v) is 5.05. The number of anilines is 1. The van der Waals surface area contributed by atoms with E-state index in [4.69, 9.17) is 0 Å². The molecular weight excluding hydrogens is 469 g/mol. The number of benzene rings is 3. The predicted octanol–water partition coefficient (Wildman–Crippen LogP) is 3.49. The molecule has 3 aromatic carbocycles. The van der Waals surface area contributed by atoms with Gasteiger partial charge in [0, 0.05) is 13.6 Å². The van der Waals surface area contributed by atoms with Crippen LogP contribution >= 0.6 is 0 Å². The average Bonchev–Trinajstić information content (AvgIpc) is 2.86. The van der Waals surface area contributed by atoms with E-state index in [1.54, 1.807) is 25.1 Å². The second kappa shape index (κ2) is 11.1. The summed E-state index contributed by atoms with van der Waals surface area (Å²) in [6.45, 7) is 3.02. The van der Waals surface area contributed by atoms with Gasteiger partial charge in [0.1, 0.15) is 18.4 Å². The van der Waals surface area contributed by atoms with Gasteiger partial charge >= 0.3 is 0 Å². The van der Waals surface area contributed by atoms with E-state index in [0.717, 1.165) is 27.6 Å². The Hall–Kier alpha value is -3.72. The molecule has 0 saturated carbocycles. The van der Waals surface area contributed by atoms with Crippen molar-refractivity contribution in [2.45, 2.75) is 31.3 Å². The van der Waals surface area contributed by atoms with Crippen molar-refractivity contribution in [3.8, 4) is 0 Å². The Morgan fingerprint density at radius 3 is 2.14 bits per heavy atom. The molecule has 0 saturated heterocycles. The average molecular weight is 498 g/mol. The number of rotatable bonds is 9. The minimum absolute atomic E-state index is 0.0121. The second-order valence-corrected chi connectivity index (χ2v) is 9.90. The lowest BCUT2D eigenvalue weighted by Crippen LogP contribution is -2.50. The highest BCUT2D eigenvalue weighted by Crippen LogP contribution is 2.25. The van der Waals surface area contributed by atoms with Gasteiger partial charge in [0.2, 0.25) is 11.8 Å². The molecule has 1 unspecified atom stereocenters. The minimum Gasteiger partial charge on any atom is -0.357 e. The number of aryl methyl sites for hydroxylation is 1. The third-order valence-corrected chi connectivity index (χ3v) is 7.53. The van der Waals surface area contributed by atoms with Gasteiger partial charge < -0.3 is 10.2 Å². The number of hydrogen-bond acceptors (Lipinski definition) is 4. The van der Waals surface area contributed by atoms with Gasteiger partial charge in [-0.1, -0.05) is 42.5 Å². The zero-order valence-electron chi connectivity index (χ0n) is 19.8. The summed E-state index contributed by atoms with van der Waals surface area (Å²) in [6, 6.07) is 19.1. The van der Waals surface area contributed by atoms with Crippen molar-refractivity contribution in [2.24, 2.45) is 0 Å². The molecule has 3 aromatic rings. The number of likely N-dealkylation sites (N-methyl/N-ethyl adjacent to an activating group) is 1. The van der Waals surface area contributed by atoms with E-state index in [-0.39, 0.29) is 23.0 Å². The van der Waals surface area contributed by atoms with Gasteiger partial charge in [-0.15, -0.1) is 0 Å². The molecule has 1 N–H and O–H groups in total. The maximum Gasteiger partial charge on any atom is 0.264 e. The summed E-state index contributed by atoms with van der Waals surface area (Å²) in [7, 11) is -2.69. The normalized spacial score (nSPS) is 12.0. The second-order valence-electron chi connectivity index (χ2n) is 8.04. The first-order chi connectivity index (χ1) is 16.6. The molecule has 0 fully saturated rings. The Kier molecular flexibility index (Phi) is 8.24. The number of halogens is 1. The highest BCUT2D eigenvalue weighted by atomic mass is 32.2. The van der Waals surface area contributed by atoms with E-state index in [0.29, 0.717) is 0 Å². The van der Waals surface area contributed by atoms with Crippen LogP contribution < -0.4 is 9.62 Å². The number of hydrogen-bond donors (Lipinski definition) is 1. The van der Waals surface area contributed by atoms with Gasteiger partial charge in [0.25, 0.3) is 10.0 Å². The van der Waals surface area contributed by atoms with Crippen LogP contribution in [0, 0.1) is 12.7 Å². The van der Waals surface area contributed by atoms with Crippen LogP contribution in [-0.2, 0) is 26.2 Å². The molecule has 0 bridgehead atoms. The number of sulfonamides is 1. The smallest absolute Gasteiger partial charge is 0.264 e. The Bertz CT molecular complexity index is 1280. The van der Waals surface area contributed by atoms with E-state index in [1.807, 2.05) is 31.2 Å². The lowest BCUT2D eigenvalue weighted by atomic mass is 10.1. The predicted molar refractivity (Wildman–Crippen MR) is 133 cm³/mol. The molecule has 2 amide bonds. The summed E-state index contributed by atoms with van der Waals surface area (Å²) >= 11 is 0. The van der Waals surface area contributed by atoms with Crippen LogP contribution in [0.2, 0.25) is 0 Å². The van der Waals surface area contributed by atoms with E-state index >= 15 is 0 Å². The fourth-order valence-electron chi connectivity index (χ4n) is 3.62. The summed E-state index contributed by atoms with van der Waals surface area (Å²) in [5.74, 6) is -1.49. The van der Waals surface area contributed by atoms with Gasteiger partial charge in [-0.3, -0.25) is 13.9 Å². The third-order valence-electron chi connectivity index (χ3n) is 5.74. The van der Waals surface area contributed by atoms with Crippen LogP contribution in [0.5, 0.6) is 0 Å². The summed E-state index contributed by atoms with van der Waals surface area (Å²) in [4.78, 5) is 27.4. The number of carbonyl (C=O) groups is 2. The summed E-state index contributed by atoms with van der Waals surface area (Å²) in [5, 5.41) is 2.54. The largest absolute Gasteiger partial charge is 0.357 e. The fraction of sp³-hybridized carbons (Fsp3) is 0.231. The first-order valence-corrected chi connectivity index (χ1v) is 12.5. The Morgan fingerprint density at radius 1 is 0.943 bits per heavy atom. The van der Waals surface area contributed by atoms with Crippen molar-refractivity contribution in [1.82, 2.24) is 10.2 Å². The quantitative estimate of drug-likeness (QED) is 0.490. The number of amides is 2. The molecule has 0 spiro atoms. The lowest BCUT2D eigenvalue weighted by molar-refractivity contribution is -0.139. The van der Waals surface area contributed by atoms with E-state index in [9.17, 15) is 22.4 Å². The van der Waals surface area contributed by atoms with Crippen molar-refractivity contribution in [2.75, 3.05) is 17.9 Å². The van der Waals surface area contributed by atoms with Gasteiger partial charge in [-0.25, -0.2) is 12.8 Å². The van der Waals surface area contributed by atoms with Crippen molar-refractivity contribution in [1.29, 1.82) is 0 Å². The van der Waals surface area contributed by atoms with Crippen LogP contribution in [0.25, 0.3) is 0 Å². The summed E-state index contributed by atoms with van der Waals surface area (Å²) in [6.07, 6.45) is 0. The molecule has 0 radical (unpaired) electrons. The zero-order valence-corrected chi connectivity index (χ0v) is 20.6. The van der Waals surface area contributed by atoms with Gasteiger partial charge in [0.15, 0.2) is 0 Å². The monoisotopic (exact) mass is 497 g/mol. The molecule has 0 aliphatic heterocycles. The highest BCUT2D eigenvalue weighted by molar-refractivity contribution is 7.92. The molecule has 1 atom stereocenters. The molecule has 3 rings (SSSR count). The third kappa shape index (κ3) is 6.05. The maximum absolute atomic E-state index is 13.6. The molecule has 35 heavy (non-hydrogen) atoms. The Morgan fingerprint density at radius 2 is 1.54 bits per heavy atom. The summed E-state index contributed by atoms with van der Waals surface area (Å²) in [5.41, 5.74) is 1.89. The van der Waals surface area contributed by atoms with Crippen LogP contribution in [0.1, 0.15) is 18.1 Å². The van der Waals surface area contributed by atoms with Gasteiger partial charge in [-0.05, 0) is 61.4 Å². The topological polar surface area (TPSA) is 86.8 Å². The molecule has 9 heteroatoms. The first kappa shape index (κ1) is 25.9. The molecule has 184 valence electrons. The number of carbonyl (C=O) groups excluding carboxylic acids is 2. The molecule has 0 aromatic heterocycles. The Labute approximate surface area is 205 Å². The number of nitrogens with zero attached hydrogens (tertiary/aromatic N) is 2. The molecular formula is C26H28FN3O4S. The molecule has 0 aliphatic rings. The van der Waals surface area contributed by atoms with Crippen LogP contribution in [0.15, 0.2) is 83.8 Å². The SMILES string of the molecule is CNC(=O)C(C)N(Cc1ccccc1C)C(=O)CN(c1ccc(F)cc1)S(=O)(=O)c1ccccc1. The van der Waals surface area contributed by atoms with E-state index < -0.39 is 34.3 Å². The van der Waals surface area contributed by atoms with Crippen molar-refractivity contribution in [3.05, 3.63) is 95.8 Å². The molecule has 0 aliphatic carbocycles.